The molecule has 1 aliphatic heterocycles. The molecule has 2 aromatic rings. The van der Waals surface area contributed by atoms with Crippen LogP contribution in [0.3, 0.4) is 0 Å². The fourth-order valence-electron chi connectivity index (χ4n) is 5.68. The van der Waals surface area contributed by atoms with Crippen molar-refractivity contribution in [3.8, 4) is 5.75 Å². The molecule has 1 unspecified atom stereocenters. The molecule has 4 nitrogen and oxygen atoms in total. The van der Waals surface area contributed by atoms with E-state index in [2.05, 4.69) is 28.8 Å². The summed E-state index contributed by atoms with van der Waals surface area (Å²) in [7, 11) is 0. The van der Waals surface area contributed by atoms with Crippen LogP contribution in [0.15, 0.2) is 42.5 Å². The highest BCUT2D eigenvalue weighted by Crippen LogP contribution is 2.46. The van der Waals surface area contributed by atoms with Crippen molar-refractivity contribution in [1.29, 1.82) is 5.41 Å². The number of nitrogens with zero attached hydrogens (tertiary/aromatic N) is 1. The number of alkyl halides is 3. The average molecular weight is 494 g/mol. The molecule has 34 heavy (non-hydrogen) atoms. The third-order valence-corrected chi connectivity index (χ3v) is 7.79. The molecule has 4 rings (SSSR count). The van der Waals surface area contributed by atoms with Crippen LogP contribution in [0.1, 0.15) is 63.0 Å². The Kier molecular flexibility index (Phi) is 7.15. The van der Waals surface area contributed by atoms with Crippen LogP contribution in [-0.4, -0.2) is 24.3 Å². The molecule has 0 radical (unpaired) electrons. The summed E-state index contributed by atoms with van der Waals surface area (Å²) in [4.78, 5) is 2.20. The standard InChI is InChI=1S/C26H31ClF3N3O/c1-3-25(2,33-23-12-11-21(27)13-19(23)15-32-16-24(33)31)20-9-7-17(8-10-20)18-5-4-6-22(14-18)34-26(28,29)30/h4-6,11-14,17,20,31-32H,3,7-10,15-16H2,1-2H3. The summed E-state index contributed by atoms with van der Waals surface area (Å²) in [5.41, 5.74) is 2.76. The first-order valence-corrected chi connectivity index (χ1v) is 12.2. The highest BCUT2D eigenvalue weighted by Gasteiger charge is 2.43. The Bertz CT molecular complexity index is 1040. The predicted molar refractivity (Wildman–Crippen MR) is 130 cm³/mol. The lowest BCUT2D eigenvalue weighted by atomic mass is 9.69. The third kappa shape index (κ3) is 5.20. The maximum Gasteiger partial charge on any atom is 0.573 e. The number of ether oxygens (including phenoxy) is 1. The summed E-state index contributed by atoms with van der Waals surface area (Å²) < 4.78 is 42.1. The molecule has 1 aliphatic carbocycles. The molecule has 1 atom stereocenters. The molecule has 0 spiro atoms. The van der Waals surface area contributed by atoms with Crippen molar-refractivity contribution in [2.45, 2.75) is 70.3 Å². The molecule has 0 amide bonds. The Morgan fingerprint density at radius 2 is 1.82 bits per heavy atom. The summed E-state index contributed by atoms with van der Waals surface area (Å²) in [6.07, 6.45) is -0.141. The number of benzene rings is 2. The molecule has 2 N–H and O–H groups in total. The van der Waals surface area contributed by atoms with Gasteiger partial charge in [0, 0.05) is 22.8 Å². The number of anilines is 1. The topological polar surface area (TPSA) is 48.4 Å². The minimum Gasteiger partial charge on any atom is -0.406 e. The fraction of sp³-hybridized carbons (Fsp3) is 0.500. The number of rotatable bonds is 5. The molecule has 0 saturated heterocycles. The number of amidine groups is 1. The molecular weight excluding hydrogens is 463 g/mol. The van der Waals surface area contributed by atoms with Gasteiger partial charge in [0.25, 0.3) is 0 Å². The van der Waals surface area contributed by atoms with Crippen molar-refractivity contribution >= 4 is 23.1 Å². The maximum absolute atomic E-state index is 12.6. The summed E-state index contributed by atoms with van der Waals surface area (Å²) >= 11 is 6.26. The molecule has 0 bridgehead atoms. The van der Waals surface area contributed by atoms with Crippen LogP contribution in [0.25, 0.3) is 0 Å². The number of hydrogen-bond acceptors (Lipinski definition) is 3. The Morgan fingerprint density at radius 1 is 1.09 bits per heavy atom. The van der Waals surface area contributed by atoms with Gasteiger partial charge in [0.15, 0.2) is 0 Å². The SMILES string of the molecule is CCC(C)(C1CCC(c2cccc(OC(F)(F)F)c2)CC1)N1C(=N)CNCc2cc(Cl)ccc21. The Morgan fingerprint density at radius 3 is 2.50 bits per heavy atom. The van der Waals surface area contributed by atoms with Gasteiger partial charge in [0.2, 0.25) is 0 Å². The maximum atomic E-state index is 12.6. The van der Waals surface area contributed by atoms with E-state index < -0.39 is 6.36 Å². The van der Waals surface area contributed by atoms with Crippen LogP contribution in [-0.2, 0) is 6.54 Å². The van der Waals surface area contributed by atoms with Gasteiger partial charge in [-0.1, -0.05) is 30.7 Å². The van der Waals surface area contributed by atoms with Gasteiger partial charge in [-0.15, -0.1) is 13.2 Å². The summed E-state index contributed by atoms with van der Waals surface area (Å²) in [5, 5.41) is 12.9. The van der Waals surface area contributed by atoms with E-state index in [-0.39, 0.29) is 17.2 Å². The minimum atomic E-state index is -4.69. The molecule has 0 aromatic heterocycles. The number of hydrogen-bond donors (Lipinski definition) is 2. The van der Waals surface area contributed by atoms with E-state index in [0.717, 1.165) is 48.9 Å². The number of halogens is 4. The Hall–Kier alpha value is -2.25. The predicted octanol–water partition coefficient (Wildman–Crippen LogP) is 7.27. The Balaban J connectivity index is 1.54. The molecule has 2 aliphatic rings. The number of fused-ring (bicyclic) bond motifs is 1. The molecular formula is C26H31ClF3N3O. The number of nitrogens with one attached hydrogen (secondary N) is 2. The highest BCUT2D eigenvalue weighted by molar-refractivity contribution is 6.30. The summed E-state index contributed by atoms with van der Waals surface area (Å²) in [5.74, 6) is 0.937. The lowest BCUT2D eigenvalue weighted by molar-refractivity contribution is -0.274. The van der Waals surface area contributed by atoms with E-state index in [1.54, 1.807) is 6.07 Å². The lowest BCUT2D eigenvalue weighted by Gasteiger charge is -2.49. The average Bonchev–Trinajstić information content (AvgIpc) is 2.95. The van der Waals surface area contributed by atoms with Crippen molar-refractivity contribution < 1.29 is 17.9 Å². The largest absolute Gasteiger partial charge is 0.573 e. The van der Waals surface area contributed by atoms with Gasteiger partial charge in [-0.25, -0.2) is 0 Å². The minimum absolute atomic E-state index is 0.161. The van der Waals surface area contributed by atoms with Gasteiger partial charge in [0.1, 0.15) is 11.6 Å². The molecule has 1 saturated carbocycles. The smallest absolute Gasteiger partial charge is 0.406 e. The molecule has 2 aromatic carbocycles. The second-order valence-electron chi connectivity index (χ2n) is 9.54. The van der Waals surface area contributed by atoms with Crippen LogP contribution in [0.5, 0.6) is 5.75 Å². The van der Waals surface area contributed by atoms with Crippen molar-refractivity contribution in [3.05, 3.63) is 58.6 Å². The van der Waals surface area contributed by atoms with Crippen LogP contribution in [0.4, 0.5) is 18.9 Å². The zero-order valence-corrected chi connectivity index (χ0v) is 20.3. The Labute approximate surface area is 203 Å². The first-order valence-electron chi connectivity index (χ1n) is 11.8. The molecule has 1 heterocycles. The van der Waals surface area contributed by atoms with E-state index >= 15 is 0 Å². The van der Waals surface area contributed by atoms with Crippen molar-refractivity contribution in [2.75, 3.05) is 11.4 Å². The quantitative estimate of drug-likeness (QED) is 0.460. The second-order valence-corrected chi connectivity index (χ2v) is 9.97. The highest BCUT2D eigenvalue weighted by atomic mass is 35.5. The van der Waals surface area contributed by atoms with E-state index in [0.29, 0.717) is 29.9 Å². The van der Waals surface area contributed by atoms with Crippen LogP contribution >= 0.6 is 11.6 Å². The van der Waals surface area contributed by atoms with Crippen molar-refractivity contribution in [3.63, 3.8) is 0 Å². The summed E-state index contributed by atoms with van der Waals surface area (Å²) in [6.45, 7) is 5.57. The zero-order valence-electron chi connectivity index (χ0n) is 19.5. The third-order valence-electron chi connectivity index (χ3n) is 7.56. The van der Waals surface area contributed by atoms with Gasteiger partial charge >= 0.3 is 6.36 Å². The molecule has 8 heteroatoms. The van der Waals surface area contributed by atoms with Gasteiger partial charge in [-0.3, -0.25) is 5.41 Å². The lowest BCUT2D eigenvalue weighted by Crippen LogP contribution is -2.56. The first-order chi connectivity index (χ1) is 16.1. The van der Waals surface area contributed by atoms with E-state index in [1.165, 1.54) is 12.1 Å². The molecule has 1 fully saturated rings. The van der Waals surface area contributed by atoms with Crippen LogP contribution in [0, 0.1) is 11.3 Å². The van der Waals surface area contributed by atoms with Gasteiger partial charge in [0.05, 0.1) is 6.54 Å². The van der Waals surface area contributed by atoms with Crippen molar-refractivity contribution in [1.82, 2.24) is 5.32 Å². The van der Waals surface area contributed by atoms with E-state index in [4.69, 9.17) is 17.0 Å². The van der Waals surface area contributed by atoms with Crippen molar-refractivity contribution in [2.24, 2.45) is 5.92 Å². The normalized spacial score (nSPS) is 23.1. The molecule has 184 valence electrons. The van der Waals surface area contributed by atoms with Crippen LogP contribution < -0.4 is 15.0 Å². The summed E-state index contributed by atoms with van der Waals surface area (Å²) in [6, 6.07) is 12.3. The first kappa shape index (κ1) is 24.9. The van der Waals surface area contributed by atoms with Gasteiger partial charge in [-0.05, 0) is 92.3 Å². The van der Waals surface area contributed by atoms with Gasteiger partial charge in [-0.2, -0.15) is 0 Å². The van der Waals surface area contributed by atoms with E-state index in [9.17, 15) is 13.2 Å². The van der Waals surface area contributed by atoms with E-state index in [1.807, 2.05) is 24.3 Å². The monoisotopic (exact) mass is 493 g/mol. The second kappa shape index (κ2) is 9.78. The fourth-order valence-corrected chi connectivity index (χ4v) is 5.88. The van der Waals surface area contributed by atoms with Crippen LogP contribution in [0.2, 0.25) is 5.02 Å². The van der Waals surface area contributed by atoms with Gasteiger partial charge < -0.3 is 15.0 Å². The zero-order chi connectivity index (χ0) is 24.5.